The highest BCUT2D eigenvalue weighted by atomic mass is 32.2. The molecule has 2 amide bonds. The first kappa shape index (κ1) is 33.1. The van der Waals surface area contributed by atoms with Gasteiger partial charge in [0.15, 0.2) is 0 Å². The minimum atomic E-state index is -3.58. The fraction of sp³-hybridized carbons (Fsp3) is 0.656. The Labute approximate surface area is 257 Å². The number of aryl methyl sites for hydroxylation is 2. The number of amides is 2. The van der Waals surface area contributed by atoms with Crippen LogP contribution in [0.5, 0.6) is 0 Å². The topological polar surface area (TPSA) is 119 Å². The SMILES string of the molecule is CCCCN1C(=O)[C@H](CC(C)C)NC(=O)C12CCN(C(c1ccc(S(=O)(=O)N(CC)CC)cc1)c1c(C)n[nH]c1C)CC2. The third-order valence-electron chi connectivity index (χ3n) is 9.24. The Morgan fingerprint density at radius 2 is 1.67 bits per heavy atom. The molecule has 2 fully saturated rings. The molecule has 238 valence electrons. The standard InChI is InChI=1S/C32H50N6O4S/c1-8-11-18-38-30(39)27(21-22(4)5)33-31(40)32(38)16-19-36(20-17-32)29(28-23(6)34-35-24(28)7)25-12-14-26(15-13-25)43(41,42)37(9-2)10-3/h12-15,22,27,29H,8-11,16-21H2,1-7H3,(H,33,40)(H,34,35)/t27-,29?/m0/s1. The highest BCUT2D eigenvalue weighted by Crippen LogP contribution is 2.40. The van der Waals surface area contributed by atoms with Gasteiger partial charge in [-0.15, -0.1) is 0 Å². The fourth-order valence-corrected chi connectivity index (χ4v) is 8.31. The number of carbonyl (C=O) groups is 2. The number of H-pyrrole nitrogens is 1. The second kappa shape index (κ2) is 13.5. The van der Waals surface area contributed by atoms with E-state index in [9.17, 15) is 18.0 Å². The van der Waals surface area contributed by atoms with Crippen LogP contribution in [0, 0.1) is 19.8 Å². The summed E-state index contributed by atoms with van der Waals surface area (Å²) in [5.74, 6) is 0.304. The minimum absolute atomic E-state index is 0.0355. The van der Waals surface area contributed by atoms with Crippen LogP contribution in [-0.4, -0.2) is 88.8 Å². The highest BCUT2D eigenvalue weighted by molar-refractivity contribution is 7.89. The molecule has 3 heterocycles. The number of nitrogens with zero attached hydrogens (tertiary/aromatic N) is 4. The van der Waals surface area contributed by atoms with Crippen molar-refractivity contribution in [1.29, 1.82) is 0 Å². The lowest BCUT2D eigenvalue weighted by molar-refractivity contribution is -0.162. The number of rotatable bonds is 12. The smallest absolute Gasteiger partial charge is 0.246 e. The van der Waals surface area contributed by atoms with Gasteiger partial charge in [0.05, 0.1) is 16.6 Å². The van der Waals surface area contributed by atoms with Gasteiger partial charge in [0, 0.05) is 44.0 Å². The number of hydrogen-bond donors (Lipinski definition) is 2. The van der Waals surface area contributed by atoms with Gasteiger partial charge in [-0.25, -0.2) is 8.42 Å². The van der Waals surface area contributed by atoms with Crippen molar-refractivity contribution in [3.05, 3.63) is 46.8 Å². The van der Waals surface area contributed by atoms with Crippen molar-refractivity contribution in [3.8, 4) is 0 Å². The van der Waals surface area contributed by atoms with Crippen LogP contribution in [0.3, 0.4) is 0 Å². The zero-order valence-electron chi connectivity index (χ0n) is 26.9. The van der Waals surface area contributed by atoms with Gasteiger partial charge in [-0.05, 0) is 63.1 Å². The summed E-state index contributed by atoms with van der Waals surface area (Å²) in [4.78, 5) is 32.1. The zero-order valence-corrected chi connectivity index (χ0v) is 27.8. The van der Waals surface area contributed by atoms with Gasteiger partial charge in [-0.2, -0.15) is 9.40 Å². The first-order valence-corrected chi connectivity index (χ1v) is 17.3. The number of carbonyl (C=O) groups excluding carboxylic acids is 2. The van der Waals surface area contributed by atoms with Crippen molar-refractivity contribution in [1.82, 2.24) is 29.6 Å². The summed E-state index contributed by atoms with van der Waals surface area (Å²) in [6.45, 7) is 16.5. The number of benzene rings is 1. The van der Waals surface area contributed by atoms with Crippen LogP contribution in [0.15, 0.2) is 29.2 Å². The number of sulfonamides is 1. The molecule has 43 heavy (non-hydrogen) atoms. The van der Waals surface area contributed by atoms with E-state index in [-0.39, 0.29) is 22.8 Å². The van der Waals surface area contributed by atoms with Gasteiger partial charge in [0.2, 0.25) is 21.8 Å². The van der Waals surface area contributed by atoms with E-state index in [1.807, 2.05) is 44.7 Å². The predicted molar refractivity (Wildman–Crippen MR) is 168 cm³/mol. The fourth-order valence-electron chi connectivity index (χ4n) is 6.85. The third kappa shape index (κ3) is 6.40. The Kier molecular flexibility index (Phi) is 10.4. The molecule has 1 aromatic carbocycles. The average molecular weight is 615 g/mol. The molecule has 11 heteroatoms. The number of hydrogen-bond acceptors (Lipinski definition) is 6. The maximum absolute atomic E-state index is 13.8. The molecule has 10 nitrogen and oxygen atoms in total. The Hall–Kier alpha value is -2.76. The molecule has 1 aromatic heterocycles. The molecule has 2 aliphatic heterocycles. The molecule has 2 aromatic rings. The summed E-state index contributed by atoms with van der Waals surface area (Å²) in [6, 6.07) is 6.54. The summed E-state index contributed by atoms with van der Waals surface area (Å²) >= 11 is 0. The quantitative estimate of drug-likeness (QED) is 0.371. The maximum Gasteiger partial charge on any atom is 0.246 e. The zero-order chi connectivity index (χ0) is 31.5. The molecule has 2 aliphatic rings. The van der Waals surface area contributed by atoms with Gasteiger partial charge in [-0.3, -0.25) is 19.6 Å². The van der Waals surface area contributed by atoms with Crippen molar-refractivity contribution >= 4 is 21.8 Å². The lowest BCUT2D eigenvalue weighted by atomic mass is 9.79. The summed E-state index contributed by atoms with van der Waals surface area (Å²) in [6.07, 6.45) is 3.50. The van der Waals surface area contributed by atoms with Crippen LogP contribution < -0.4 is 5.32 Å². The second-order valence-corrected chi connectivity index (χ2v) is 14.4. The third-order valence-corrected chi connectivity index (χ3v) is 11.3. The minimum Gasteiger partial charge on any atom is -0.342 e. The molecule has 1 unspecified atom stereocenters. The predicted octanol–water partition coefficient (Wildman–Crippen LogP) is 4.15. The van der Waals surface area contributed by atoms with Crippen LogP contribution in [-0.2, 0) is 19.6 Å². The number of nitrogens with one attached hydrogen (secondary N) is 2. The monoisotopic (exact) mass is 614 g/mol. The number of unbranched alkanes of at least 4 members (excludes halogenated alkanes) is 1. The summed E-state index contributed by atoms with van der Waals surface area (Å²) in [5.41, 5.74) is 3.00. The molecule has 0 saturated carbocycles. The van der Waals surface area contributed by atoms with E-state index in [4.69, 9.17) is 0 Å². The lowest BCUT2D eigenvalue weighted by Gasteiger charge is -2.52. The number of piperazine rings is 1. The number of likely N-dealkylation sites (tertiary alicyclic amines) is 1. The van der Waals surface area contributed by atoms with Crippen molar-refractivity contribution in [2.24, 2.45) is 5.92 Å². The first-order valence-electron chi connectivity index (χ1n) is 15.9. The summed E-state index contributed by atoms with van der Waals surface area (Å²) in [5, 5.41) is 10.7. The molecule has 2 N–H and O–H groups in total. The molecule has 2 atom stereocenters. The van der Waals surface area contributed by atoms with E-state index >= 15 is 0 Å². The molecular weight excluding hydrogens is 564 g/mol. The Balaban J connectivity index is 1.66. The summed E-state index contributed by atoms with van der Waals surface area (Å²) in [7, 11) is -3.58. The lowest BCUT2D eigenvalue weighted by Crippen LogP contribution is -2.73. The van der Waals surface area contributed by atoms with Gasteiger partial charge in [0.1, 0.15) is 11.6 Å². The molecule has 0 aliphatic carbocycles. The molecule has 0 radical (unpaired) electrons. The van der Waals surface area contributed by atoms with Crippen LogP contribution in [0.2, 0.25) is 0 Å². The summed E-state index contributed by atoms with van der Waals surface area (Å²) < 4.78 is 27.8. The largest absolute Gasteiger partial charge is 0.342 e. The van der Waals surface area contributed by atoms with E-state index in [0.29, 0.717) is 57.9 Å². The van der Waals surface area contributed by atoms with Crippen LogP contribution in [0.1, 0.15) is 95.3 Å². The van der Waals surface area contributed by atoms with Crippen molar-refractivity contribution in [2.75, 3.05) is 32.7 Å². The van der Waals surface area contributed by atoms with E-state index in [2.05, 4.69) is 41.2 Å². The van der Waals surface area contributed by atoms with E-state index in [1.165, 1.54) is 4.31 Å². The van der Waals surface area contributed by atoms with E-state index in [1.54, 1.807) is 12.1 Å². The number of aromatic amines is 1. The van der Waals surface area contributed by atoms with Gasteiger partial charge in [0.25, 0.3) is 0 Å². The second-order valence-electron chi connectivity index (χ2n) is 12.5. The van der Waals surface area contributed by atoms with Crippen LogP contribution >= 0.6 is 0 Å². The number of aromatic nitrogens is 2. The van der Waals surface area contributed by atoms with Crippen molar-refractivity contribution < 1.29 is 18.0 Å². The van der Waals surface area contributed by atoms with Crippen molar-refractivity contribution in [3.63, 3.8) is 0 Å². The molecule has 2 saturated heterocycles. The molecule has 1 spiro atoms. The van der Waals surface area contributed by atoms with Gasteiger partial charge >= 0.3 is 0 Å². The van der Waals surface area contributed by atoms with Crippen LogP contribution in [0.25, 0.3) is 0 Å². The molecule has 4 rings (SSSR count). The number of piperidine rings is 1. The molecule has 0 bridgehead atoms. The van der Waals surface area contributed by atoms with Crippen molar-refractivity contribution in [2.45, 2.75) is 103 Å². The maximum atomic E-state index is 13.8. The Morgan fingerprint density at radius 1 is 1.05 bits per heavy atom. The average Bonchev–Trinajstić information content (AvgIpc) is 3.30. The van der Waals surface area contributed by atoms with Crippen LogP contribution in [0.4, 0.5) is 0 Å². The Bertz CT molecular complexity index is 1360. The first-order chi connectivity index (χ1) is 20.4. The van der Waals surface area contributed by atoms with E-state index in [0.717, 1.165) is 35.4 Å². The van der Waals surface area contributed by atoms with Gasteiger partial charge < -0.3 is 10.2 Å². The highest BCUT2D eigenvalue weighted by Gasteiger charge is 2.54. The van der Waals surface area contributed by atoms with Gasteiger partial charge in [-0.1, -0.05) is 53.2 Å². The Morgan fingerprint density at radius 3 is 2.19 bits per heavy atom. The van der Waals surface area contributed by atoms with E-state index < -0.39 is 21.6 Å². The normalized spacial score (nSPS) is 20.3. The molecular formula is C32H50N6O4S.